The summed E-state index contributed by atoms with van der Waals surface area (Å²) in [5.41, 5.74) is -2.26. The van der Waals surface area contributed by atoms with Crippen molar-refractivity contribution >= 4 is 17.7 Å². The smallest absolute Gasteiger partial charge is 0.246 e. The summed E-state index contributed by atoms with van der Waals surface area (Å²) >= 11 is 0. The maximum absolute atomic E-state index is 13.8. The lowest BCUT2D eigenvalue weighted by molar-refractivity contribution is -0.151. The fourth-order valence-electron chi connectivity index (χ4n) is 5.96. The molecular weight excluding hydrogens is 398 g/mol. The van der Waals surface area contributed by atoms with E-state index < -0.39 is 40.7 Å². The van der Waals surface area contributed by atoms with Crippen LogP contribution in [0.3, 0.4) is 0 Å². The largest absolute Gasteiger partial charge is 0.394 e. The number of aliphatic hydroxyl groups is 1. The highest BCUT2D eigenvalue weighted by molar-refractivity contribution is 5.99. The molecule has 3 N–H and O–H groups in total. The summed E-state index contributed by atoms with van der Waals surface area (Å²) in [6, 6.07) is -1.36. The van der Waals surface area contributed by atoms with Crippen molar-refractivity contribution in [2.24, 2.45) is 11.8 Å². The van der Waals surface area contributed by atoms with Crippen LogP contribution in [0.1, 0.15) is 73.6 Å². The van der Waals surface area contributed by atoms with Gasteiger partial charge in [0.25, 0.3) is 0 Å². The van der Waals surface area contributed by atoms with E-state index in [2.05, 4.69) is 10.6 Å². The van der Waals surface area contributed by atoms with Crippen LogP contribution >= 0.6 is 0 Å². The molecule has 176 valence electrons. The number of aliphatic hydroxyl groups excluding tert-OH is 1. The van der Waals surface area contributed by atoms with E-state index in [0.717, 1.165) is 6.42 Å². The van der Waals surface area contributed by atoms with Crippen molar-refractivity contribution in [3.8, 4) is 0 Å². The van der Waals surface area contributed by atoms with E-state index in [9.17, 15) is 19.5 Å². The van der Waals surface area contributed by atoms with E-state index >= 15 is 0 Å². The van der Waals surface area contributed by atoms with Gasteiger partial charge in [0.15, 0.2) is 0 Å². The van der Waals surface area contributed by atoms with Crippen LogP contribution in [0.25, 0.3) is 0 Å². The molecule has 1 spiro atoms. The fourth-order valence-corrected chi connectivity index (χ4v) is 5.96. The Hall–Kier alpha value is -1.67. The van der Waals surface area contributed by atoms with Crippen LogP contribution in [0.5, 0.6) is 0 Å². The predicted octanol–water partition coefficient (Wildman–Crippen LogP) is 1.35. The van der Waals surface area contributed by atoms with E-state index in [1.807, 2.05) is 41.5 Å². The second-order valence-electron chi connectivity index (χ2n) is 10.4. The molecule has 0 aliphatic carbocycles. The summed E-state index contributed by atoms with van der Waals surface area (Å²) in [5.74, 6) is -2.04. The Balaban J connectivity index is 2.10. The molecule has 0 saturated carbocycles. The molecule has 8 nitrogen and oxygen atoms in total. The molecule has 2 unspecified atom stereocenters. The highest BCUT2D eigenvalue weighted by atomic mass is 16.5. The van der Waals surface area contributed by atoms with Crippen molar-refractivity contribution in [2.45, 2.75) is 102 Å². The zero-order valence-corrected chi connectivity index (χ0v) is 19.8. The normalized spacial score (nSPS) is 35.3. The molecule has 3 aliphatic rings. The number of nitrogens with zero attached hydrogens (tertiary/aromatic N) is 1. The van der Waals surface area contributed by atoms with Gasteiger partial charge in [0, 0.05) is 12.1 Å². The third-order valence-corrected chi connectivity index (χ3v) is 7.27. The molecule has 0 aromatic carbocycles. The summed E-state index contributed by atoms with van der Waals surface area (Å²) < 4.78 is 6.66. The fraction of sp³-hybridized carbons (Fsp3) is 0.870. The third-order valence-electron chi connectivity index (χ3n) is 7.27. The van der Waals surface area contributed by atoms with E-state index in [1.165, 1.54) is 4.90 Å². The molecule has 0 radical (unpaired) electrons. The zero-order chi connectivity index (χ0) is 23.2. The Kier molecular flexibility index (Phi) is 6.46. The number of amides is 3. The topological polar surface area (TPSA) is 108 Å². The van der Waals surface area contributed by atoms with Gasteiger partial charge in [0.05, 0.1) is 30.1 Å². The van der Waals surface area contributed by atoms with Crippen molar-refractivity contribution < 1.29 is 24.2 Å². The van der Waals surface area contributed by atoms with Gasteiger partial charge >= 0.3 is 0 Å². The first kappa shape index (κ1) is 24.0. The Labute approximate surface area is 185 Å². The van der Waals surface area contributed by atoms with Gasteiger partial charge in [-0.05, 0) is 52.9 Å². The van der Waals surface area contributed by atoms with Crippen LogP contribution in [-0.4, -0.2) is 69.7 Å². The first-order chi connectivity index (χ1) is 14.5. The van der Waals surface area contributed by atoms with Crippen molar-refractivity contribution in [3.63, 3.8) is 0 Å². The molecule has 0 aromatic heterocycles. The predicted molar refractivity (Wildman–Crippen MR) is 116 cm³/mol. The van der Waals surface area contributed by atoms with Gasteiger partial charge in [-0.2, -0.15) is 0 Å². The van der Waals surface area contributed by atoms with E-state index in [4.69, 9.17) is 4.74 Å². The van der Waals surface area contributed by atoms with Gasteiger partial charge in [-0.15, -0.1) is 0 Å². The van der Waals surface area contributed by atoms with Crippen molar-refractivity contribution in [1.29, 1.82) is 0 Å². The minimum absolute atomic E-state index is 0.169. The highest BCUT2D eigenvalue weighted by Gasteiger charge is 2.79. The van der Waals surface area contributed by atoms with E-state index in [0.29, 0.717) is 32.2 Å². The molecule has 31 heavy (non-hydrogen) atoms. The maximum atomic E-state index is 13.8. The maximum Gasteiger partial charge on any atom is 0.246 e. The molecular formula is C23H39N3O5. The molecule has 3 saturated heterocycles. The Morgan fingerprint density at radius 3 is 2.42 bits per heavy atom. The summed E-state index contributed by atoms with van der Waals surface area (Å²) in [5, 5.41) is 16.0. The Bertz CT molecular complexity index is 731. The Morgan fingerprint density at radius 2 is 1.90 bits per heavy atom. The summed E-state index contributed by atoms with van der Waals surface area (Å²) in [6.45, 7) is 11.8. The van der Waals surface area contributed by atoms with Crippen LogP contribution in [0.4, 0.5) is 0 Å². The van der Waals surface area contributed by atoms with E-state index in [1.54, 1.807) is 0 Å². The molecule has 3 rings (SSSR count). The first-order valence-corrected chi connectivity index (χ1v) is 11.7. The Morgan fingerprint density at radius 1 is 1.23 bits per heavy atom. The van der Waals surface area contributed by atoms with Crippen LogP contribution in [0.15, 0.2) is 0 Å². The van der Waals surface area contributed by atoms with Gasteiger partial charge < -0.3 is 25.4 Å². The summed E-state index contributed by atoms with van der Waals surface area (Å²) in [7, 11) is 0. The second kappa shape index (κ2) is 8.35. The van der Waals surface area contributed by atoms with Crippen LogP contribution < -0.4 is 10.6 Å². The SMILES string of the molecule is CCCNC(=O)[C@@H]1[C@H]2C(=O)N([C@@H](CC)CO)C(C(=O)NC(C)(C)C)C23CC[C@@]1(CC)O3. The zero-order valence-electron chi connectivity index (χ0n) is 19.8. The summed E-state index contributed by atoms with van der Waals surface area (Å²) in [6.07, 6.45) is 3.10. The average molecular weight is 438 g/mol. The first-order valence-electron chi connectivity index (χ1n) is 11.7. The third kappa shape index (κ3) is 3.65. The number of carbonyl (C=O) groups is 3. The highest BCUT2D eigenvalue weighted by Crippen LogP contribution is 2.64. The number of ether oxygens (including phenoxy) is 1. The minimum atomic E-state index is -1.04. The molecule has 8 heteroatoms. The second-order valence-corrected chi connectivity index (χ2v) is 10.4. The van der Waals surface area contributed by atoms with Gasteiger partial charge in [0.1, 0.15) is 11.6 Å². The number of rotatable bonds is 8. The standard InChI is InChI=1S/C23H39N3O5/c1-7-12-24-18(28)15-16-20(30)26(14(8-2)13-27)17(19(29)25-21(4,5)6)23(16)11-10-22(15,9-3)31-23/h14-17,27H,7-13H2,1-6H3,(H,24,28)(H,25,29)/t14-,15-,16-,17?,22+,23?/m0/s1. The van der Waals surface area contributed by atoms with Gasteiger partial charge in [-0.25, -0.2) is 0 Å². The monoisotopic (exact) mass is 437 g/mol. The minimum Gasteiger partial charge on any atom is -0.394 e. The van der Waals surface area contributed by atoms with Crippen LogP contribution in [-0.2, 0) is 19.1 Å². The number of hydrogen-bond acceptors (Lipinski definition) is 5. The average Bonchev–Trinajstić information content (AvgIpc) is 3.30. The van der Waals surface area contributed by atoms with Gasteiger partial charge in [-0.3, -0.25) is 14.4 Å². The summed E-state index contributed by atoms with van der Waals surface area (Å²) in [4.78, 5) is 42.2. The molecule has 3 heterocycles. The molecule has 6 atom stereocenters. The molecule has 2 bridgehead atoms. The molecule has 0 aromatic rings. The number of hydrogen-bond donors (Lipinski definition) is 3. The lowest BCUT2D eigenvalue weighted by Gasteiger charge is -2.38. The quantitative estimate of drug-likeness (QED) is 0.531. The number of fused-ring (bicyclic) bond motifs is 1. The molecule has 3 fully saturated rings. The van der Waals surface area contributed by atoms with Gasteiger partial charge in [0.2, 0.25) is 17.7 Å². The van der Waals surface area contributed by atoms with Crippen molar-refractivity contribution in [1.82, 2.24) is 15.5 Å². The van der Waals surface area contributed by atoms with Crippen molar-refractivity contribution in [3.05, 3.63) is 0 Å². The molecule has 3 amide bonds. The van der Waals surface area contributed by atoms with Gasteiger partial charge in [-0.1, -0.05) is 20.8 Å². The number of carbonyl (C=O) groups excluding carboxylic acids is 3. The number of nitrogens with one attached hydrogen (secondary N) is 2. The lowest BCUT2D eigenvalue weighted by Crippen LogP contribution is -2.60. The van der Waals surface area contributed by atoms with Crippen molar-refractivity contribution in [2.75, 3.05) is 13.2 Å². The molecule has 3 aliphatic heterocycles. The van der Waals surface area contributed by atoms with Crippen LogP contribution in [0, 0.1) is 11.8 Å². The number of likely N-dealkylation sites (tertiary alicyclic amines) is 1. The van der Waals surface area contributed by atoms with Crippen LogP contribution in [0.2, 0.25) is 0 Å². The lowest BCUT2D eigenvalue weighted by atomic mass is 9.65. The van der Waals surface area contributed by atoms with E-state index in [-0.39, 0.29) is 24.3 Å².